The smallest absolute Gasteiger partial charge is 0.335 e. The number of hydrogen-bond acceptors (Lipinski definition) is 4. The van der Waals surface area contributed by atoms with Crippen molar-refractivity contribution in [3.8, 4) is 17.3 Å². The highest BCUT2D eigenvalue weighted by Gasteiger charge is 2.25. The highest BCUT2D eigenvalue weighted by atomic mass is 19.1. The Morgan fingerprint density at radius 3 is 2.23 bits per heavy atom. The number of carboxylic acids is 1. The monoisotopic (exact) mass is 411 g/mol. The zero-order valence-corrected chi connectivity index (χ0v) is 16.8. The minimum Gasteiger partial charge on any atom is -0.478 e. The van der Waals surface area contributed by atoms with Crippen LogP contribution < -0.4 is 5.32 Å². The van der Waals surface area contributed by atoms with Gasteiger partial charge >= 0.3 is 5.97 Å². The summed E-state index contributed by atoms with van der Waals surface area (Å²) < 4.78 is 14.2. The van der Waals surface area contributed by atoms with Crippen LogP contribution in [0.25, 0.3) is 11.1 Å². The minimum atomic E-state index is -1.22. The predicted octanol–water partition coefficient (Wildman–Crippen LogP) is 3.27. The van der Waals surface area contributed by atoms with Gasteiger partial charge in [0.2, 0.25) is 0 Å². The predicted molar refractivity (Wildman–Crippen MR) is 108 cm³/mol. The lowest BCUT2D eigenvalue weighted by Crippen LogP contribution is -2.46. The molecule has 156 valence electrons. The van der Waals surface area contributed by atoms with Gasteiger partial charge in [-0.25, -0.2) is 9.18 Å². The maximum atomic E-state index is 14.2. The lowest BCUT2D eigenvalue weighted by Gasteiger charge is -2.21. The van der Waals surface area contributed by atoms with Crippen LogP contribution in [-0.4, -0.2) is 40.9 Å². The van der Waals surface area contributed by atoms with Crippen molar-refractivity contribution >= 4 is 17.8 Å². The molecule has 0 spiro atoms. The van der Waals surface area contributed by atoms with Gasteiger partial charge in [0.15, 0.2) is 6.19 Å². The fourth-order valence-electron chi connectivity index (χ4n) is 2.90. The van der Waals surface area contributed by atoms with Crippen molar-refractivity contribution < 1.29 is 23.9 Å². The van der Waals surface area contributed by atoms with Crippen molar-refractivity contribution in [2.24, 2.45) is 5.92 Å². The van der Waals surface area contributed by atoms with E-state index in [1.807, 2.05) is 13.8 Å². The van der Waals surface area contributed by atoms with E-state index < -0.39 is 29.6 Å². The second kappa shape index (κ2) is 9.65. The van der Waals surface area contributed by atoms with Gasteiger partial charge in [0.1, 0.15) is 11.9 Å². The van der Waals surface area contributed by atoms with Gasteiger partial charge in [0.25, 0.3) is 11.8 Å². The number of benzene rings is 2. The molecule has 8 heteroatoms. The van der Waals surface area contributed by atoms with Gasteiger partial charge < -0.3 is 10.4 Å². The Kier molecular flexibility index (Phi) is 7.26. The molecular formula is C22H22FN3O4. The normalized spacial score (nSPS) is 11.5. The SMILES string of the molecule is CC(C)C[C@H](NC(=O)c1ccc(-c2ccc(C(=O)O)cc2F)cc1)C(=O)N(C)C#N. The molecule has 0 aliphatic rings. The second-order valence-electron chi connectivity index (χ2n) is 7.23. The third kappa shape index (κ3) is 5.41. The number of aromatic carboxylic acids is 1. The van der Waals surface area contributed by atoms with Crippen molar-refractivity contribution in [3.05, 3.63) is 59.4 Å². The van der Waals surface area contributed by atoms with Crippen molar-refractivity contribution in [2.75, 3.05) is 7.05 Å². The first kappa shape index (κ1) is 22.6. The number of nitriles is 1. The van der Waals surface area contributed by atoms with Crippen LogP contribution in [-0.2, 0) is 4.79 Å². The number of carboxylic acid groups (broad SMARTS) is 1. The first-order valence-electron chi connectivity index (χ1n) is 9.25. The fraction of sp³-hybridized carbons (Fsp3) is 0.273. The molecule has 7 nitrogen and oxygen atoms in total. The summed E-state index contributed by atoms with van der Waals surface area (Å²) in [5.74, 6) is -2.79. The van der Waals surface area contributed by atoms with Gasteiger partial charge in [-0.15, -0.1) is 0 Å². The molecule has 0 saturated carbocycles. The van der Waals surface area contributed by atoms with Gasteiger partial charge in [-0.2, -0.15) is 5.26 Å². The molecule has 1 atom stereocenters. The largest absolute Gasteiger partial charge is 0.478 e. The first-order chi connectivity index (χ1) is 14.1. The van der Waals surface area contributed by atoms with E-state index >= 15 is 0 Å². The van der Waals surface area contributed by atoms with Crippen LogP contribution >= 0.6 is 0 Å². The van der Waals surface area contributed by atoms with Gasteiger partial charge in [-0.3, -0.25) is 14.5 Å². The molecule has 2 aromatic carbocycles. The van der Waals surface area contributed by atoms with Crippen LogP contribution in [0.1, 0.15) is 41.0 Å². The van der Waals surface area contributed by atoms with Crippen molar-refractivity contribution in [2.45, 2.75) is 26.3 Å². The fourth-order valence-corrected chi connectivity index (χ4v) is 2.90. The number of nitrogens with one attached hydrogen (secondary N) is 1. The molecule has 2 N–H and O–H groups in total. The number of carbonyl (C=O) groups excluding carboxylic acids is 2. The number of nitrogens with zero attached hydrogens (tertiary/aromatic N) is 2. The van der Waals surface area contributed by atoms with Gasteiger partial charge in [0.05, 0.1) is 5.56 Å². The Morgan fingerprint density at radius 2 is 1.73 bits per heavy atom. The molecule has 2 amide bonds. The molecule has 0 aromatic heterocycles. The second-order valence-corrected chi connectivity index (χ2v) is 7.23. The van der Waals surface area contributed by atoms with Crippen LogP contribution in [0.4, 0.5) is 4.39 Å². The summed E-state index contributed by atoms with van der Waals surface area (Å²) in [6.07, 6.45) is 2.10. The van der Waals surface area contributed by atoms with Crippen LogP contribution in [0.2, 0.25) is 0 Å². The Labute approximate surface area is 173 Å². The molecule has 0 saturated heterocycles. The maximum absolute atomic E-state index is 14.2. The molecule has 2 aromatic rings. The molecule has 0 unspecified atom stereocenters. The Bertz CT molecular complexity index is 996. The van der Waals surface area contributed by atoms with E-state index in [0.29, 0.717) is 12.0 Å². The topological polar surface area (TPSA) is 110 Å². The first-order valence-corrected chi connectivity index (χ1v) is 9.25. The maximum Gasteiger partial charge on any atom is 0.335 e. The summed E-state index contributed by atoms with van der Waals surface area (Å²) in [7, 11) is 1.33. The highest BCUT2D eigenvalue weighted by Crippen LogP contribution is 2.24. The quantitative estimate of drug-likeness (QED) is 0.537. The van der Waals surface area contributed by atoms with Gasteiger partial charge in [-0.1, -0.05) is 32.0 Å². The van der Waals surface area contributed by atoms with Gasteiger partial charge in [0, 0.05) is 18.2 Å². The average Bonchev–Trinajstić information content (AvgIpc) is 2.71. The summed E-state index contributed by atoms with van der Waals surface area (Å²) in [4.78, 5) is 36.7. The summed E-state index contributed by atoms with van der Waals surface area (Å²) in [6.45, 7) is 3.80. The molecule has 0 bridgehead atoms. The van der Waals surface area contributed by atoms with E-state index in [1.54, 1.807) is 6.19 Å². The third-order valence-electron chi connectivity index (χ3n) is 4.47. The van der Waals surface area contributed by atoms with Crippen LogP contribution in [0, 0.1) is 23.2 Å². The molecule has 2 rings (SSSR count). The van der Waals surface area contributed by atoms with Crippen molar-refractivity contribution in [1.29, 1.82) is 5.26 Å². The highest BCUT2D eigenvalue weighted by molar-refractivity contribution is 5.98. The van der Waals surface area contributed by atoms with Crippen LogP contribution in [0.15, 0.2) is 42.5 Å². The van der Waals surface area contributed by atoms with E-state index in [-0.39, 0.29) is 22.6 Å². The standard InChI is InChI=1S/C22H22FN3O4/c1-13(2)10-19(21(28)26(3)12-24)25-20(27)15-6-4-14(5-7-15)17-9-8-16(22(29)30)11-18(17)23/h4-9,11,13,19H,10H2,1-3H3,(H,25,27)(H,29,30)/t19-/m0/s1. The zero-order valence-electron chi connectivity index (χ0n) is 16.8. The zero-order chi connectivity index (χ0) is 22.4. The Hall–Kier alpha value is -3.73. The molecule has 0 heterocycles. The molecule has 0 radical (unpaired) electrons. The lowest BCUT2D eigenvalue weighted by molar-refractivity contribution is -0.129. The van der Waals surface area contributed by atoms with Crippen LogP contribution in [0.3, 0.4) is 0 Å². The number of amides is 2. The van der Waals surface area contributed by atoms with Gasteiger partial charge in [-0.05, 0) is 42.2 Å². The number of likely N-dealkylation sites (N-methyl/N-ethyl adjacent to an activating group) is 1. The molecule has 0 aliphatic heterocycles. The summed E-state index contributed by atoms with van der Waals surface area (Å²) in [5, 5.41) is 20.5. The van der Waals surface area contributed by atoms with E-state index in [2.05, 4.69) is 5.32 Å². The van der Waals surface area contributed by atoms with Crippen molar-refractivity contribution in [3.63, 3.8) is 0 Å². The lowest BCUT2D eigenvalue weighted by atomic mass is 10.0. The van der Waals surface area contributed by atoms with E-state index in [1.165, 1.54) is 43.4 Å². The molecule has 0 fully saturated rings. The molecule has 30 heavy (non-hydrogen) atoms. The third-order valence-corrected chi connectivity index (χ3v) is 4.47. The van der Waals surface area contributed by atoms with E-state index in [9.17, 15) is 18.8 Å². The average molecular weight is 411 g/mol. The summed E-state index contributed by atoms with van der Waals surface area (Å²) in [6, 6.07) is 8.80. The van der Waals surface area contributed by atoms with Crippen molar-refractivity contribution in [1.82, 2.24) is 10.2 Å². The van der Waals surface area contributed by atoms with E-state index in [4.69, 9.17) is 10.4 Å². The minimum absolute atomic E-state index is 0.116. The van der Waals surface area contributed by atoms with Crippen LogP contribution in [0.5, 0.6) is 0 Å². The number of hydrogen-bond donors (Lipinski definition) is 2. The number of carbonyl (C=O) groups is 3. The number of halogens is 1. The summed E-state index contributed by atoms with van der Waals surface area (Å²) >= 11 is 0. The Morgan fingerprint density at radius 1 is 1.13 bits per heavy atom. The van der Waals surface area contributed by atoms with E-state index in [0.717, 1.165) is 11.0 Å². The Balaban J connectivity index is 2.20. The summed E-state index contributed by atoms with van der Waals surface area (Å²) in [5.41, 5.74) is 0.786. The molecule has 0 aliphatic carbocycles. The molecular weight excluding hydrogens is 389 g/mol. The number of rotatable bonds is 7.